The Bertz CT molecular complexity index is 576. The number of aliphatic hydroxyl groups is 1. The quantitative estimate of drug-likeness (QED) is 0.472. The van der Waals surface area contributed by atoms with E-state index in [1.54, 1.807) is 13.0 Å². The van der Waals surface area contributed by atoms with E-state index in [9.17, 15) is 9.50 Å². The van der Waals surface area contributed by atoms with Gasteiger partial charge in [-0.2, -0.15) is 0 Å². The predicted molar refractivity (Wildman–Crippen MR) is 98.2 cm³/mol. The van der Waals surface area contributed by atoms with Crippen molar-refractivity contribution in [3.8, 4) is 0 Å². The normalized spacial score (nSPS) is 17.2. The second-order valence-electron chi connectivity index (χ2n) is 6.73. The molecule has 6 heteroatoms. The van der Waals surface area contributed by atoms with Gasteiger partial charge in [0.25, 0.3) is 0 Å². The van der Waals surface area contributed by atoms with E-state index in [1.807, 2.05) is 19.9 Å². The first-order valence-corrected chi connectivity index (χ1v) is 9.06. The molecule has 5 nitrogen and oxygen atoms in total. The van der Waals surface area contributed by atoms with Gasteiger partial charge in [0.15, 0.2) is 5.96 Å². The average molecular weight is 351 g/mol. The highest BCUT2D eigenvalue weighted by molar-refractivity contribution is 5.80. The molecule has 140 valence electrons. The van der Waals surface area contributed by atoms with Gasteiger partial charge < -0.3 is 20.5 Å². The SMILES string of the molecule is CCNC(=NCC(O)COCC1CC1)NC(C)c1ccc(C)c(F)c1. The number of aryl methyl sites for hydroxylation is 1. The summed E-state index contributed by atoms with van der Waals surface area (Å²) in [6, 6.07) is 5.11. The third kappa shape index (κ3) is 7.00. The molecule has 0 bridgehead atoms. The largest absolute Gasteiger partial charge is 0.389 e. The minimum absolute atomic E-state index is 0.101. The van der Waals surface area contributed by atoms with E-state index in [0.29, 0.717) is 30.6 Å². The molecule has 2 rings (SSSR count). The highest BCUT2D eigenvalue weighted by atomic mass is 19.1. The molecule has 1 aromatic carbocycles. The van der Waals surface area contributed by atoms with Crippen molar-refractivity contribution >= 4 is 5.96 Å². The number of nitrogens with zero attached hydrogens (tertiary/aromatic N) is 1. The zero-order valence-corrected chi connectivity index (χ0v) is 15.4. The lowest BCUT2D eigenvalue weighted by Gasteiger charge is -2.19. The summed E-state index contributed by atoms with van der Waals surface area (Å²) in [6.45, 7) is 7.67. The third-order valence-corrected chi connectivity index (χ3v) is 4.21. The second-order valence-corrected chi connectivity index (χ2v) is 6.73. The van der Waals surface area contributed by atoms with E-state index in [4.69, 9.17) is 4.74 Å². The summed E-state index contributed by atoms with van der Waals surface area (Å²) < 4.78 is 19.2. The Morgan fingerprint density at radius 2 is 2.20 bits per heavy atom. The molecule has 0 heterocycles. The van der Waals surface area contributed by atoms with Gasteiger partial charge in [0, 0.05) is 13.2 Å². The number of nitrogens with one attached hydrogen (secondary N) is 2. The minimum Gasteiger partial charge on any atom is -0.389 e. The molecule has 0 amide bonds. The molecule has 0 radical (unpaired) electrons. The van der Waals surface area contributed by atoms with Crippen LogP contribution in [0.25, 0.3) is 0 Å². The average Bonchev–Trinajstić information content (AvgIpc) is 3.39. The zero-order chi connectivity index (χ0) is 18.2. The smallest absolute Gasteiger partial charge is 0.191 e. The Labute approximate surface area is 149 Å². The number of aliphatic imine (C=N–C) groups is 1. The van der Waals surface area contributed by atoms with Gasteiger partial charge in [0.2, 0.25) is 0 Å². The number of hydrogen-bond acceptors (Lipinski definition) is 3. The van der Waals surface area contributed by atoms with Crippen LogP contribution in [0.1, 0.15) is 43.9 Å². The molecule has 0 saturated heterocycles. The van der Waals surface area contributed by atoms with E-state index in [2.05, 4.69) is 15.6 Å². The van der Waals surface area contributed by atoms with E-state index >= 15 is 0 Å². The molecule has 1 aromatic rings. The molecule has 0 spiro atoms. The Hall–Kier alpha value is -1.66. The highest BCUT2D eigenvalue weighted by Gasteiger charge is 2.21. The topological polar surface area (TPSA) is 65.9 Å². The molecule has 1 aliphatic carbocycles. The van der Waals surface area contributed by atoms with E-state index in [-0.39, 0.29) is 18.4 Å². The number of halogens is 1. The van der Waals surface area contributed by atoms with Crippen LogP contribution in [0.3, 0.4) is 0 Å². The van der Waals surface area contributed by atoms with Crippen LogP contribution in [-0.4, -0.2) is 43.5 Å². The van der Waals surface area contributed by atoms with Crippen molar-refractivity contribution in [2.24, 2.45) is 10.9 Å². The minimum atomic E-state index is -0.624. The first-order valence-electron chi connectivity index (χ1n) is 9.06. The molecule has 25 heavy (non-hydrogen) atoms. The highest BCUT2D eigenvalue weighted by Crippen LogP contribution is 2.28. The molecule has 0 aromatic heterocycles. The Kier molecular flexibility index (Phi) is 7.65. The number of rotatable bonds is 9. The first-order chi connectivity index (χ1) is 12.0. The molecule has 2 atom stereocenters. The Morgan fingerprint density at radius 1 is 1.44 bits per heavy atom. The predicted octanol–water partition coefficient (Wildman–Crippen LogP) is 2.54. The Morgan fingerprint density at radius 3 is 2.84 bits per heavy atom. The number of guanidine groups is 1. The summed E-state index contributed by atoms with van der Waals surface area (Å²) in [5.74, 6) is 1.07. The fraction of sp³-hybridized carbons (Fsp3) is 0.632. The van der Waals surface area contributed by atoms with Crippen LogP contribution in [-0.2, 0) is 4.74 Å². The summed E-state index contributed by atoms with van der Waals surface area (Å²) in [4.78, 5) is 4.40. The molecule has 0 aliphatic heterocycles. The van der Waals surface area contributed by atoms with Gasteiger partial charge in [-0.25, -0.2) is 4.39 Å². The van der Waals surface area contributed by atoms with E-state index < -0.39 is 6.10 Å². The fourth-order valence-electron chi connectivity index (χ4n) is 2.39. The molecule has 2 unspecified atom stereocenters. The van der Waals surface area contributed by atoms with Crippen molar-refractivity contribution in [1.82, 2.24) is 10.6 Å². The maximum absolute atomic E-state index is 13.7. The summed E-state index contributed by atoms with van der Waals surface area (Å²) >= 11 is 0. The number of ether oxygens (including phenoxy) is 1. The lowest BCUT2D eigenvalue weighted by molar-refractivity contribution is 0.0368. The molecular formula is C19H30FN3O2. The first kappa shape index (κ1) is 19.7. The summed E-state index contributed by atoms with van der Waals surface area (Å²) in [5.41, 5.74) is 1.48. The van der Waals surface area contributed by atoms with Crippen LogP contribution in [0.15, 0.2) is 23.2 Å². The van der Waals surface area contributed by atoms with Gasteiger partial charge in [-0.15, -0.1) is 0 Å². The molecule has 3 N–H and O–H groups in total. The van der Waals surface area contributed by atoms with Crippen molar-refractivity contribution in [2.45, 2.75) is 45.8 Å². The lowest BCUT2D eigenvalue weighted by Crippen LogP contribution is -2.39. The number of aliphatic hydroxyl groups excluding tert-OH is 1. The van der Waals surface area contributed by atoms with Crippen molar-refractivity contribution < 1.29 is 14.2 Å². The van der Waals surface area contributed by atoms with E-state index in [0.717, 1.165) is 12.2 Å². The molecule has 1 saturated carbocycles. The van der Waals surface area contributed by atoms with Crippen molar-refractivity contribution in [2.75, 3.05) is 26.3 Å². The summed E-state index contributed by atoms with van der Waals surface area (Å²) in [7, 11) is 0. The molecule has 1 aliphatic rings. The standard InChI is InChI=1S/C19H30FN3O2/c1-4-21-19(22-10-17(24)12-25-11-15-6-7-15)23-14(3)16-8-5-13(2)18(20)9-16/h5,8-9,14-15,17,24H,4,6-7,10-12H2,1-3H3,(H2,21,22,23). The van der Waals surface area contributed by atoms with Gasteiger partial charge in [-0.3, -0.25) is 4.99 Å². The van der Waals surface area contributed by atoms with Crippen LogP contribution in [0.5, 0.6) is 0 Å². The monoisotopic (exact) mass is 351 g/mol. The number of benzene rings is 1. The van der Waals surface area contributed by atoms with Crippen molar-refractivity contribution in [3.05, 3.63) is 35.1 Å². The van der Waals surface area contributed by atoms with Gasteiger partial charge in [-0.05, 0) is 56.7 Å². The maximum Gasteiger partial charge on any atom is 0.191 e. The third-order valence-electron chi connectivity index (χ3n) is 4.21. The Balaban J connectivity index is 1.85. The molecule has 1 fully saturated rings. The van der Waals surface area contributed by atoms with Crippen LogP contribution in [0, 0.1) is 18.7 Å². The van der Waals surface area contributed by atoms with Crippen LogP contribution >= 0.6 is 0 Å². The van der Waals surface area contributed by atoms with Crippen LogP contribution < -0.4 is 10.6 Å². The number of hydrogen-bond donors (Lipinski definition) is 3. The zero-order valence-electron chi connectivity index (χ0n) is 15.4. The van der Waals surface area contributed by atoms with Gasteiger partial charge in [0.05, 0.1) is 25.3 Å². The lowest BCUT2D eigenvalue weighted by atomic mass is 10.1. The van der Waals surface area contributed by atoms with Gasteiger partial charge >= 0.3 is 0 Å². The van der Waals surface area contributed by atoms with Crippen LogP contribution in [0.2, 0.25) is 0 Å². The van der Waals surface area contributed by atoms with E-state index in [1.165, 1.54) is 18.9 Å². The fourth-order valence-corrected chi connectivity index (χ4v) is 2.39. The van der Waals surface area contributed by atoms with Crippen LogP contribution in [0.4, 0.5) is 4.39 Å². The van der Waals surface area contributed by atoms with Crippen molar-refractivity contribution in [1.29, 1.82) is 0 Å². The summed E-state index contributed by atoms with van der Waals surface area (Å²) in [6.07, 6.45) is 1.85. The van der Waals surface area contributed by atoms with Gasteiger partial charge in [-0.1, -0.05) is 12.1 Å². The van der Waals surface area contributed by atoms with Gasteiger partial charge in [0.1, 0.15) is 5.82 Å². The van der Waals surface area contributed by atoms with Crippen molar-refractivity contribution in [3.63, 3.8) is 0 Å². The maximum atomic E-state index is 13.7. The second kappa shape index (κ2) is 9.73. The molecular weight excluding hydrogens is 321 g/mol. The summed E-state index contributed by atoms with van der Waals surface area (Å²) in [5, 5.41) is 16.4.